The van der Waals surface area contributed by atoms with Crippen LogP contribution in [0.4, 0.5) is 15.9 Å². The first-order valence-electron chi connectivity index (χ1n) is 10.1. The van der Waals surface area contributed by atoms with Gasteiger partial charge in [-0.15, -0.1) is 8.78 Å². The van der Waals surface area contributed by atoms with Crippen molar-refractivity contribution in [1.29, 1.82) is 0 Å². The molecule has 10 heteroatoms. The average Bonchev–Trinajstić information content (AvgIpc) is 3.36. The number of aryl methyl sites for hydroxylation is 1. The van der Waals surface area contributed by atoms with E-state index in [0.717, 1.165) is 54.9 Å². The van der Waals surface area contributed by atoms with E-state index in [1.165, 1.54) is 6.07 Å². The fourth-order valence-corrected chi connectivity index (χ4v) is 5.80. The number of hydrogen-bond donors (Lipinski definition) is 1. The molecule has 2 aliphatic heterocycles. The molecule has 1 fully saturated rings. The second-order valence-electron chi connectivity index (χ2n) is 7.75. The summed E-state index contributed by atoms with van der Waals surface area (Å²) in [7, 11) is 1.69. The molecule has 0 saturated carbocycles. The van der Waals surface area contributed by atoms with E-state index in [1.54, 1.807) is 21.0 Å². The van der Waals surface area contributed by atoms with Crippen molar-refractivity contribution in [2.75, 3.05) is 16.8 Å². The summed E-state index contributed by atoms with van der Waals surface area (Å²) in [5.41, 5.74) is 4.46. The van der Waals surface area contributed by atoms with E-state index < -0.39 is 0 Å². The number of fused-ring (bicyclic) bond motifs is 5. The number of carbonyl (C=O) groups excluding carboxylic acids is 1. The molecule has 1 amide bonds. The maximum absolute atomic E-state index is 14.2. The van der Waals surface area contributed by atoms with Crippen LogP contribution in [0.3, 0.4) is 0 Å². The van der Waals surface area contributed by atoms with Gasteiger partial charge in [0, 0.05) is 18.6 Å². The Morgan fingerprint density at radius 2 is 2.17 bits per heavy atom. The van der Waals surface area contributed by atoms with Crippen molar-refractivity contribution in [2.45, 2.75) is 38.1 Å². The molecule has 0 spiro atoms. The maximum Gasteiger partial charge on any atom is 0.262 e. The third kappa shape index (κ3) is 3.68. The van der Waals surface area contributed by atoms with Crippen LogP contribution in [0, 0.1) is 5.82 Å². The van der Waals surface area contributed by atoms with Crippen molar-refractivity contribution >= 4 is 65.2 Å². The highest BCUT2D eigenvalue weighted by molar-refractivity contribution is 14.2. The highest BCUT2D eigenvalue weighted by atomic mass is 127. The van der Waals surface area contributed by atoms with Crippen LogP contribution in [0.1, 0.15) is 42.9 Å². The third-order valence-corrected chi connectivity index (χ3v) is 7.21. The zero-order valence-corrected chi connectivity index (χ0v) is 19.2. The van der Waals surface area contributed by atoms with Crippen LogP contribution >= 0.6 is 30.0 Å². The molecule has 1 saturated heterocycles. The van der Waals surface area contributed by atoms with Crippen LogP contribution in [0.25, 0.3) is 5.65 Å². The molecule has 2 bridgehead atoms. The number of nitrogens with zero attached hydrogens (tertiary/aromatic N) is 4. The summed E-state index contributed by atoms with van der Waals surface area (Å²) in [6.45, 7) is 1.64. The second-order valence-corrected chi connectivity index (χ2v) is 10.1. The number of amides is 1. The molecule has 2 aromatic heterocycles. The van der Waals surface area contributed by atoms with Gasteiger partial charge in [0.2, 0.25) is 5.91 Å². The molecule has 30 heavy (non-hydrogen) atoms. The summed E-state index contributed by atoms with van der Waals surface area (Å²) >= 11 is 2.28. The van der Waals surface area contributed by atoms with Gasteiger partial charge in [-0.2, -0.15) is 5.10 Å². The predicted molar refractivity (Wildman–Crippen MR) is 129 cm³/mol. The van der Waals surface area contributed by atoms with E-state index >= 15 is 0 Å². The van der Waals surface area contributed by atoms with Crippen molar-refractivity contribution in [1.82, 2.24) is 14.6 Å². The number of aromatic nitrogens is 3. The highest BCUT2D eigenvalue weighted by Gasteiger charge is 2.30. The quantitative estimate of drug-likeness (QED) is 0.402. The van der Waals surface area contributed by atoms with Gasteiger partial charge in [-0.05, 0) is 76.2 Å². The first-order chi connectivity index (χ1) is 14.6. The molecule has 154 valence electrons. The van der Waals surface area contributed by atoms with Crippen molar-refractivity contribution in [3.05, 3.63) is 47.4 Å². The summed E-state index contributed by atoms with van der Waals surface area (Å²) < 4.78 is 16.0. The number of anilines is 2. The molecule has 1 aromatic carbocycles. The molecule has 1 atom stereocenters. The lowest BCUT2D eigenvalue weighted by Gasteiger charge is -2.28. The molecular weight excluding hydrogens is 515 g/mol. The van der Waals surface area contributed by atoms with Crippen LogP contribution in [0.2, 0.25) is 0 Å². The zero-order chi connectivity index (χ0) is 20.7. The van der Waals surface area contributed by atoms with Gasteiger partial charge >= 0.3 is 0 Å². The number of benzene rings is 1. The van der Waals surface area contributed by atoms with E-state index in [4.69, 9.17) is 4.98 Å². The molecule has 4 heterocycles. The molecule has 0 radical (unpaired) electrons. The molecular formula is C20H20BFIN5OS. The van der Waals surface area contributed by atoms with Crippen molar-refractivity contribution < 1.29 is 9.18 Å². The van der Waals surface area contributed by atoms with Gasteiger partial charge in [-0.25, -0.2) is 13.9 Å². The SMILES string of the molecule is O=C1CCCc2ccc(F)cc2[C@@H]2CCCN2c2cc(BSI)n3ncc(c3n2)N1. The van der Waals surface area contributed by atoms with E-state index in [-0.39, 0.29) is 17.8 Å². The summed E-state index contributed by atoms with van der Waals surface area (Å²) in [6, 6.07) is 7.23. The maximum atomic E-state index is 14.2. The van der Waals surface area contributed by atoms with E-state index in [0.29, 0.717) is 24.2 Å². The Morgan fingerprint density at radius 3 is 3.03 bits per heavy atom. The molecule has 0 aliphatic carbocycles. The topological polar surface area (TPSA) is 62.5 Å². The number of carbonyl (C=O) groups is 1. The van der Waals surface area contributed by atoms with Crippen molar-refractivity contribution in [3.8, 4) is 0 Å². The smallest absolute Gasteiger partial charge is 0.262 e. The van der Waals surface area contributed by atoms with Crippen LogP contribution in [-0.4, -0.2) is 33.6 Å². The lowest BCUT2D eigenvalue weighted by molar-refractivity contribution is -0.116. The van der Waals surface area contributed by atoms with Gasteiger partial charge in [-0.3, -0.25) is 4.79 Å². The largest absolute Gasteiger partial charge is 0.349 e. The third-order valence-electron chi connectivity index (χ3n) is 5.87. The fraction of sp³-hybridized carbons (Fsp3) is 0.350. The Balaban J connectivity index is 1.70. The number of nitrogens with one attached hydrogen (secondary N) is 1. The molecule has 1 N–H and O–H groups in total. The van der Waals surface area contributed by atoms with Crippen LogP contribution in [0.15, 0.2) is 30.5 Å². The number of rotatable bonds is 2. The Morgan fingerprint density at radius 1 is 1.27 bits per heavy atom. The molecule has 3 aromatic rings. The minimum atomic E-state index is -0.217. The average molecular weight is 535 g/mol. The first kappa shape index (κ1) is 20.1. The van der Waals surface area contributed by atoms with Gasteiger partial charge in [0.25, 0.3) is 6.56 Å². The lowest BCUT2D eigenvalue weighted by atomic mass is 9.94. The minimum absolute atomic E-state index is 0.0506. The standard InChI is InChI=1S/C20H20BFIN5OS/c22-13-7-6-12-3-1-5-19(29)25-15-11-24-28-17(21-30-23)10-18(26-20(15)28)27-8-2-4-16(27)14(12)9-13/h6-7,9-11,16,21H,1-5,8H2,(H,25,29)/t16-/m0/s1. The Kier molecular flexibility index (Phi) is 5.61. The number of halogens is 2. The normalized spacial score (nSPS) is 18.9. The van der Waals surface area contributed by atoms with Gasteiger partial charge in [0.1, 0.15) is 17.3 Å². The van der Waals surface area contributed by atoms with Crippen LogP contribution in [-0.2, 0) is 11.2 Å². The van der Waals surface area contributed by atoms with Gasteiger partial charge in [0.15, 0.2) is 5.65 Å². The Labute approximate surface area is 190 Å². The van der Waals surface area contributed by atoms with Crippen LogP contribution in [0.5, 0.6) is 0 Å². The summed E-state index contributed by atoms with van der Waals surface area (Å²) in [5.74, 6) is 0.590. The highest BCUT2D eigenvalue weighted by Crippen LogP contribution is 2.38. The van der Waals surface area contributed by atoms with Gasteiger partial charge < -0.3 is 10.2 Å². The zero-order valence-electron chi connectivity index (χ0n) is 16.3. The lowest BCUT2D eigenvalue weighted by Crippen LogP contribution is -2.29. The predicted octanol–water partition coefficient (Wildman–Crippen LogP) is 3.54. The Hall–Kier alpha value is -1.82. The summed E-state index contributed by atoms with van der Waals surface area (Å²) in [4.78, 5) is 19.7. The van der Waals surface area contributed by atoms with E-state index in [1.807, 2.05) is 10.6 Å². The van der Waals surface area contributed by atoms with E-state index in [2.05, 4.69) is 42.6 Å². The van der Waals surface area contributed by atoms with Crippen molar-refractivity contribution in [3.63, 3.8) is 0 Å². The van der Waals surface area contributed by atoms with Gasteiger partial charge in [0.05, 0.1) is 12.2 Å². The molecule has 0 unspecified atom stereocenters. The number of hydrogen-bond acceptors (Lipinski definition) is 5. The molecule has 2 aliphatic rings. The molecule has 6 nitrogen and oxygen atoms in total. The van der Waals surface area contributed by atoms with E-state index in [9.17, 15) is 9.18 Å². The summed E-state index contributed by atoms with van der Waals surface area (Å²) in [5, 5.41) is 7.46. The molecule has 5 rings (SSSR count). The Bertz CT molecular complexity index is 1130. The monoisotopic (exact) mass is 535 g/mol. The van der Waals surface area contributed by atoms with Gasteiger partial charge in [-0.1, -0.05) is 6.07 Å². The fourth-order valence-electron chi connectivity index (χ4n) is 4.52. The minimum Gasteiger partial charge on any atom is -0.349 e. The summed E-state index contributed by atoms with van der Waals surface area (Å²) in [6.07, 6.45) is 5.53. The van der Waals surface area contributed by atoms with Crippen molar-refractivity contribution in [2.24, 2.45) is 0 Å². The van der Waals surface area contributed by atoms with Crippen LogP contribution < -0.4 is 15.8 Å². The second kappa shape index (κ2) is 8.37. The first-order valence-corrected chi connectivity index (χ1v) is 13.6.